The second kappa shape index (κ2) is 3.39. The molecule has 0 radical (unpaired) electrons. The van der Waals surface area contributed by atoms with Crippen LogP contribution in [0.5, 0.6) is 0 Å². The predicted molar refractivity (Wildman–Crippen MR) is 63.8 cm³/mol. The summed E-state index contributed by atoms with van der Waals surface area (Å²) in [6.45, 7) is 5.58. The van der Waals surface area contributed by atoms with Gasteiger partial charge in [0.1, 0.15) is 0 Å². The van der Waals surface area contributed by atoms with Gasteiger partial charge in [0.05, 0.1) is 0 Å². The van der Waals surface area contributed by atoms with E-state index in [-0.39, 0.29) is 0 Å². The number of nitrogens with two attached hydrogens (primary N) is 1. The van der Waals surface area contributed by atoms with Gasteiger partial charge in [-0.2, -0.15) is 0 Å². The van der Waals surface area contributed by atoms with Crippen LogP contribution in [0.2, 0.25) is 0 Å². The molecular weight excluding hydrogens is 192 g/mol. The van der Waals surface area contributed by atoms with Crippen LogP contribution >= 0.6 is 11.8 Å². The second-order valence-corrected chi connectivity index (χ2v) is 5.58. The number of thioether (sulfide) groups is 1. The molecule has 0 aromatic heterocycles. The van der Waals surface area contributed by atoms with E-state index in [9.17, 15) is 0 Å². The highest BCUT2D eigenvalue weighted by molar-refractivity contribution is 7.99. The third kappa shape index (κ3) is 1.98. The molecule has 0 fully saturated rings. The molecule has 3 heteroatoms. The van der Waals surface area contributed by atoms with Crippen molar-refractivity contribution < 1.29 is 0 Å². The fourth-order valence-electron chi connectivity index (χ4n) is 1.46. The Balaban J connectivity index is 2.30. The lowest BCUT2D eigenvalue weighted by Gasteiger charge is -2.21. The van der Waals surface area contributed by atoms with Gasteiger partial charge in [0.25, 0.3) is 0 Å². The molecule has 0 atom stereocenters. The van der Waals surface area contributed by atoms with Gasteiger partial charge >= 0.3 is 0 Å². The molecule has 0 spiro atoms. The Kier molecular flexibility index (Phi) is 2.35. The van der Waals surface area contributed by atoms with E-state index in [4.69, 9.17) is 5.73 Å². The normalized spacial score (nSPS) is 19.3. The minimum atomic E-state index is 0.346. The Bertz CT molecular complexity index is 347. The zero-order chi connectivity index (χ0) is 10.2. The van der Waals surface area contributed by atoms with Crippen LogP contribution in [0.1, 0.15) is 13.8 Å². The fraction of sp³-hybridized carbons (Fsp3) is 0.455. The first-order chi connectivity index (χ1) is 6.57. The molecular formula is C11H16N2S. The lowest BCUT2D eigenvalue weighted by molar-refractivity contribution is 0.456. The summed E-state index contributed by atoms with van der Waals surface area (Å²) < 4.78 is 0. The smallest absolute Gasteiger partial charge is 0.0480 e. The molecule has 1 aliphatic heterocycles. The Labute approximate surface area is 89.3 Å². The Morgan fingerprint density at radius 2 is 2.21 bits per heavy atom. The predicted octanol–water partition coefficient (Wildman–Crippen LogP) is 2.81. The summed E-state index contributed by atoms with van der Waals surface area (Å²) in [6, 6.07) is 6.07. The van der Waals surface area contributed by atoms with Gasteiger partial charge in [0, 0.05) is 28.6 Å². The van der Waals surface area contributed by atoms with Crippen molar-refractivity contribution in [1.29, 1.82) is 0 Å². The van der Waals surface area contributed by atoms with Crippen LogP contribution in [0.15, 0.2) is 23.1 Å². The highest BCUT2D eigenvalue weighted by Crippen LogP contribution is 2.37. The zero-order valence-corrected chi connectivity index (χ0v) is 9.45. The van der Waals surface area contributed by atoms with E-state index in [0.29, 0.717) is 5.41 Å². The van der Waals surface area contributed by atoms with Gasteiger partial charge in [-0.1, -0.05) is 13.8 Å². The van der Waals surface area contributed by atoms with Crippen LogP contribution < -0.4 is 11.1 Å². The van der Waals surface area contributed by atoms with Crippen LogP contribution in [0.3, 0.4) is 0 Å². The van der Waals surface area contributed by atoms with E-state index >= 15 is 0 Å². The van der Waals surface area contributed by atoms with Crippen LogP contribution in [0.25, 0.3) is 0 Å². The Morgan fingerprint density at radius 1 is 1.43 bits per heavy atom. The number of anilines is 2. The van der Waals surface area contributed by atoms with Crippen LogP contribution in [0.4, 0.5) is 11.4 Å². The average molecular weight is 208 g/mol. The maximum atomic E-state index is 5.76. The molecule has 0 unspecified atom stereocenters. The van der Waals surface area contributed by atoms with Crippen molar-refractivity contribution in [2.45, 2.75) is 18.7 Å². The minimum Gasteiger partial charge on any atom is -0.399 e. The highest BCUT2D eigenvalue weighted by Gasteiger charge is 2.22. The Morgan fingerprint density at radius 3 is 3.00 bits per heavy atom. The SMILES string of the molecule is CC1(C)CNc2ccc(N)cc2SC1. The molecule has 76 valence electrons. The number of benzene rings is 1. The quantitative estimate of drug-likeness (QED) is 0.644. The van der Waals surface area contributed by atoms with Gasteiger partial charge in [0.2, 0.25) is 0 Å². The molecule has 1 aromatic carbocycles. The highest BCUT2D eigenvalue weighted by atomic mass is 32.2. The molecule has 1 aliphatic rings. The van der Waals surface area contributed by atoms with Gasteiger partial charge < -0.3 is 11.1 Å². The third-order valence-electron chi connectivity index (χ3n) is 2.38. The third-order valence-corrected chi connectivity index (χ3v) is 3.96. The van der Waals surface area contributed by atoms with Crippen molar-refractivity contribution >= 4 is 23.1 Å². The van der Waals surface area contributed by atoms with Crippen LogP contribution in [-0.4, -0.2) is 12.3 Å². The van der Waals surface area contributed by atoms with E-state index in [1.54, 1.807) is 0 Å². The summed E-state index contributed by atoms with van der Waals surface area (Å²) in [7, 11) is 0. The number of nitrogens with one attached hydrogen (secondary N) is 1. The van der Waals surface area contributed by atoms with Gasteiger partial charge in [0.15, 0.2) is 0 Å². The van der Waals surface area contributed by atoms with Crippen molar-refractivity contribution in [2.24, 2.45) is 5.41 Å². The maximum Gasteiger partial charge on any atom is 0.0480 e. The number of fused-ring (bicyclic) bond motifs is 1. The molecule has 0 saturated heterocycles. The molecule has 0 aliphatic carbocycles. The molecule has 1 heterocycles. The summed E-state index contributed by atoms with van der Waals surface area (Å²) in [4.78, 5) is 1.27. The minimum absolute atomic E-state index is 0.346. The topological polar surface area (TPSA) is 38.0 Å². The van der Waals surface area contributed by atoms with Crippen molar-refractivity contribution in [3.05, 3.63) is 18.2 Å². The molecule has 1 aromatic rings. The van der Waals surface area contributed by atoms with Gasteiger partial charge in [-0.25, -0.2) is 0 Å². The second-order valence-electron chi connectivity index (χ2n) is 4.56. The molecule has 3 N–H and O–H groups in total. The van der Waals surface area contributed by atoms with Gasteiger partial charge in [-0.05, 0) is 23.6 Å². The summed E-state index contributed by atoms with van der Waals surface area (Å²) in [5.41, 5.74) is 8.17. The first-order valence-corrected chi connectivity index (χ1v) is 5.82. The first-order valence-electron chi connectivity index (χ1n) is 4.83. The summed E-state index contributed by atoms with van der Waals surface area (Å²) in [6.07, 6.45) is 0. The first kappa shape index (κ1) is 9.71. The molecule has 2 rings (SSSR count). The average Bonchev–Trinajstić information content (AvgIpc) is 2.26. The molecule has 0 bridgehead atoms. The van der Waals surface area contributed by atoms with Crippen LogP contribution in [0, 0.1) is 5.41 Å². The number of hydrogen-bond acceptors (Lipinski definition) is 3. The Hall–Kier alpha value is -0.830. The van der Waals surface area contributed by atoms with Crippen molar-refractivity contribution in [2.75, 3.05) is 23.3 Å². The van der Waals surface area contributed by atoms with E-state index in [0.717, 1.165) is 18.0 Å². The van der Waals surface area contributed by atoms with E-state index in [1.807, 2.05) is 17.8 Å². The number of nitrogen functional groups attached to an aromatic ring is 1. The van der Waals surface area contributed by atoms with Crippen LogP contribution in [-0.2, 0) is 0 Å². The molecule has 0 amide bonds. The molecule has 14 heavy (non-hydrogen) atoms. The van der Waals surface area contributed by atoms with E-state index < -0.39 is 0 Å². The lowest BCUT2D eigenvalue weighted by Crippen LogP contribution is -2.23. The zero-order valence-electron chi connectivity index (χ0n) is 8.63. The molecule has 2 nitrogen and oxygen atoms in total. The standard InChI is InChI=1S/C11H16N2S/c1-11(2)6-13-9-4-3-8(12)5-10(9)14-7-11/h3-5,13H,6-7,12H2,1-2H3. The summed E-state index contributed by atoms with van der Waals surface area (Å²) in [5, 5.41) is 3.47. The maximum absolute atomic E-state index is 5.76. The fourth-order valence-corrected chi connectivity index (χ4v) is 2.63. The van der Waals surface area contributed by atoms with E-state index in [1.165, 1.54) is 10.6 Å². The largest absolute Gasteiger partial charge is 0.399 e. The van der Waals surface area contributed by atoms with E-state index in [2.05, 4.69) is 31.3 Å². The lowest BCUT2D eigenvalue weighted by atomic mass is 9.96. The molecule has 0 saturated carbocycles. The van der Waals surface area contributed by atoms with Gasteiger partial charge in [-0.15, -0.1) is 11.8 Å². The van der Waals surface area contributed by atoms with Crippen molar-refractivity contribution in [3.63, 3.8) is 0 Å². The summed E-state index contributed by atoms with van der Waals surface area (Å²) >= 11 is 1.89. The number of hydrogen-bond donors (Lipinski definition) is 2. The monoisotopic (exact) mass is 208 g/mol. The number of rotatable bonds is 0. The summed E-state index contributed by atoms with van der Waals surface area (Å²) in [5.74, 6) is 1.14. The van der Waals surface area contributed by atoms with Crippen molar-refractivity contribution in [1.82, 2.24) is 0 Å². The van der Waals surface area contributed by atoms with Gasteiger partial charge in [-0.3, -0.25) is 0 Å². The van der Waals surface area contributed by atoms with Crippen molar-refractivity contribution in [3.8, 4) is 0 Å².